The zero-order valence-electron chi connectivity index (χ0n) is 16.7. The first-order valence-corrected chi connectivity index (χ1v) is 10.5. The number of hydrogen-bond donors (Lipinski definition) is 4. The molecule has 4 rings (SSSR count). The highest BCUT2D eigenvalue weighted by atomic mass is 16.2. The van der Waals surface area contributed by atoms with Gasteiger partial charge in [-0.3, -0.25) is 10.9 Å². The van der Waals surface area contributed by atoms with Crippen molar-refractivity contribution in [3.05, 3.63) is 59.8 Å². The van der Waals surface area contributed by atoms with Gasteiger partial charge in [-0.1, -0.05) is 30.3 Å². The van der Waals surface area contributed by atoms with E-state index >= 15 is 0 Å². The maximum absolute atomic E-state index is 12.7. The predicted octanol–water partition coefficient (Wildman–Crippen LogP) is 1.89. The van der Waals surface area contributed by atoms with E-state index in [1.54, 1.807) is 6.20 Å². The molecule has 3 atom stereocenters. The van der Waals surface area contributed by atoms with Crippen LogP contribution in [0.15, 0.2) is 48.7 Å². The maximum atomic E-state index is 12.7. The first kappa shape index (κ1) is 19.7. The molecule has 2 aliphatic heterocycles. The van der Waals surface area contributed by atoms with Crippen molar-refractivity contribution in [2.45, 2.75) is 31.2 Å². The third-order valence-electron chi connectivity index (χ3n) is 6.04. The van der Waals surface area contributed by atoms with E-state index in [4.69, 9.17) is 5.73 Å². The number of urea groups is 1. The average molecular weight is 395 g/mol. The van der Waals surface area contributed by atoms with Crippen LogP contribution in [0, 0.1) is 5.92 Å². The number of nitrogen functional groups attached to an aromatic ring is 1. The summed E-state index contributed by atoms with van der Waals surface area (Å²) in [5.41, 5.74) is 15.1. The van der Waals surface area contributed by atoms with Crippen molar-refractivity contribution < 1.29 is 4.79 Å². The Hall–Kier alpha value is -2.64. The number of hydrazine groups is 1. The van der Waals surface area contributed by atoms with Crippen LogP contribution >= 0.6 is 0 Å². The molecule has 2 amide bonds. The van der Waals surface area contributed by atoms with Crippen LogP contribution in [0.5, 0.6) is 0 Å². The van der Waals surface area contributed by atoms with Gasteiger partial charge in [0.1, 0.15) is 5.82 Å². The summed E-state index contributed by atoms with van der Waals surface area (Å²) in [7, 11) is 0. The molecule has 0 spiro atoms. The van der Waals surface area contributed by atoms with Gasteiger partial charge in [0, 0.05) is 44.3 Å². The quantitative estimate of drug-likeness (QED) is 0.621. The smallest absolute Gasteiger partial charge is 0.317 e. The lowest BCUT2D eigenvalue weighted by molar-refractivity contribution is 0.149. The molecule has 2 aliphatic rings. The van der Waals surface area contributed by atoms with Crippen LogP contribution in [-0.2, 0) is 6.42 Å². The number of pyridine rings is 1. The molecule has 2 aromatic rings. The lowest BCUT2D eigenvalue weighted by Crippen LogP contribution is -2.51. The van der Waals surface area contributed by atoms with E-state index in [1.807, 2.05) is 35.2 Å². The molecule has 0 saturated carbocycles. The molecule has 7 heteroatoms. The Bertz CT molecular complexity index is 814. The van der Waals surface area contributed by atoms with Gasteiger partial charge in [-0.25, -0.2) is 9.78 Å². The third-order valence-corrected chi connectivity index (χ3v) is 6.04. The summed E-state index contributed by atoms with van der Waals surface area (Å²) in [6, 6.07) is 14.6. The van der Waals surface area contributed by atoms with E-state index in [0.29, 0.717) is 24.2 Å². The summed E-state index contributed by atoms with van der Waals surface area (Å²) in [4.78, 5) is 18.8. The largest absolute Gasteiger partial charge is 0.384 e. The number of carbonyl (C=O) groups is 1. The van der Waals surface area contributed by atoms with E-state index in [9.17, 15) is 4.79 Å². The standard InChI is InChI=1S/C22H30N6O/c23-20-13-17(9-11-24-20)19-14-26-27-21(19)18-7-4-12-28(15-18)22(29)25-10-8-16-5-2-1-3-6-16/h1-3,5-6,9,11,13,18-19,21,26-27H,4,7-8,10,12,14-15H2,(H2,23,24)(H,25,29). The molecule has 1 aromatic heterocycles. The van der Waals surface area contributed by atoms with Gasteiger partial charge in [-0.2, -0.15) is 0 Å². The monoisotopic (exact) mass is 394 g/mol. The molecule has 2 fully saturated rings. The van der Waals surface area contributed by atoms with Gasteiger partial charge in [-0.05, 0) is 48.4 Å². The van der Waals surface area contributed by atoms with Gasteiger partial charge in [0.15, 0.2) is 0 Å². The highest BCUT2D eigenvalue weighted by Crippen LogP contribution is 2.32. The Morgan fingerprint density at radius 1 is 1.28 bits per heavy atom. The van der Waals surface area contributed by atoms with Crippen LogP contribution in [0.1, 0.15) is 29.9 Å². The molecule has 3 unspecified atom stereocenters. The number of benzene rings is 1. The molecular formula is C22H30N6O. The molecule has 0 aliphatic carbocycles. The maximum Gasteiger partial charge on any atom is 0.317 e. The van der Waals surface area contributed by atoms with Crippen molar-refractivity contribution in [3.63, 3.8) is 0 Å². The fourth-order valence-corrected chi connectivity index (χ4v) is 4.54. The van der Waals surface area contributed by atoms with Crippen LogP contribution in [0.3, 0.4) is 0 Å². The summed E-state index contributed by atoms with van der Waals surface area (Å²) in [5.74, 6) is 1.28. The van der Waals surface area contributed by atoms with Crippen molar-refractivity contribution >= 4 is 11.8 Å². The van der Waals surface area contributed by atoms with Gasteiger partial charge in [-0.15, -0.1) is 0 Å². The predicted molar refractivity (Wildman–Crippen MR) is 114 cm³/mol. The zero-order valence-corrected chi connectivity index (χ0v) is 16.7. The second kappa shape index (κ2) is 9.24. The molecule has 0 bridgehead atoms. The van der Waals surface area contributed by atoms with Crippen LogP contribution in [0.25, 0.3) is 0 Å². The number of hydrogen-bond acceptors (Lipinski definition) is 5. The summed E-state index contributed by atoms with van der Waals surface area (Å²) in [5, 5.41) is 3.09. The lowest BCUT2D eigenvalue weighted by atomic mass is 9.81. The number of anilines is 1. The van der Waals surface area contributed by atoms with Gasteiger partial charge >= 0.3 is 6.03 Å². The lowest BCUT2D eigenvalue weighted by Gasteiger charge is -2.37. The topological polar surface area (TPSA) is 95.3 Å². The number of nitrogens with two attached hydrogens (primary N) is 1. The first-order valence-electron chi connectivity index (χ1n) is 10.5. The van der Waals surface area contributed by atoms with Crippen LogP contribution < -0.4 is 21.9 Å². The molecule has 29 heavy (non-hydrogen) atoms. The van der Waals surface area contributed by atoms with Crippen molar-refractivity contribution in [2.24, 2.45) is 5.92 Å². The van der Waals surface area contributed by atoms with Crippen molar-refractivity contribution in [2.75, 3.05) is 31.9 Å². The SMILES string of the molecule is Nc1cc(C2CNNC2C2CCCN(C(=O)NCCc3ccccc3)C2)ccn1. The number of nitrogens with one attached hydrogen (secondary N) is 3. The van der Waals surface area contributed by atoms with E-state index in [2.05, 4.69) is 33.3 Å². The number of aromatic nitrogens is 1. The third kappa shape index (κ3) is 4.86. The number of amides is 2. The van der Waals surface area contributed by atoms with Crippen LogP contribution in [-0.4, -0.2) is 48.1 Å². The fraction of sp³-hybridized carbons (Fsp3) is 0.455. The van der Waals surface area contributed by atoms with Crippen LogP contribution in [0.4, 0.5) is 10.6 Å². The summed E-state index contributed by atoms with van der Waals surface area (Å²) in [6.07, 6.45) is 4.77. The molecule has 7 nitrogen and oxygen atoms in total. The number of likely N-dealkylation sites (tertiary alicyclic amines) is 1. The highest BCUT2D eigenvalue weighted by Gasteiger charge is 2.37. The highest BCUT2D eigenvalue weighted by molar-refractivity contribution is 5.74. The number of carbonyl (C=O) groups excluding carboxylic acids is 1. The number of piperidine rings is 1. The number of rotatable bonds is 5. The molecule has 5 N–H and O–H groups in total. The molecule has 2 saturated heterocycles. The van der Waals surface area contributed by atoms with Gasteiger partial charge in [0.25, 0.3) is 0 Å². The normalized spacial score (nSPS) is 24.4. The molecule has 154 valence electrons. The Morgan fingerprint density at radius 2 is 2.14 bits per heavy atom. The Kier molecular flexibility index (Phi) is 6.27. The average Bonchev–Trinajstić information content (AvgIpc) is 3.25. The van der Waals surface area contributed by atoms with E-state index in [1.165, 1.54) is 11.1 Å². The minimum atomic E-state index is 0.0429. The van der Waals surface area contributed by atoms with Gasteiger partial charge < -0.3 is 16.0 Å². The summed E-state index contributed by atoms with van der Waals surface area (Å²) >= 11 is 0. The van der Waals surface area contributed by atoms with Crippen molar-refractivity contribution in [1.82, 2.24) is 26.1 Å². The van der Waals surface area contributed by atoms with E-state index in [-0.39, 0.29) is 12.1 Å². The molecular weight excluding hydrogens is 364 g/mol. The molecule has 0 radical (unpaired) electrons. The van der Waals surface area contributed by atoms with E-state index < -0.39 is 0 Å². The van der Waals surface area contributed by atoms with Crippen molar-refractivity contribution in [3.8, 4) is 0 Å². The first-order chi connectivity index (χ1) is 14.2. The summed E-state index contributed by atoms with van der Waals surface area (Å²) < 4.78 is 0. The second-order valence-corrected chi connectivity index (χ2v) is 7.99. The number of nitrogens with zero attached hydrogens (tertiary/aromatic N) is 2. The summed E-state index contributed by atoms with van der Waals surface area (Å²) in [6.45, 7) is 3.11. The Balaban J connectivity index is 1.33. The minimum Gasteiger partial charge on any atom is -0.384 e. The van der Waals surface area contributed by atoms with E-state index in [0.717, 1.165) is 38.9 Å². The van der Waals surface area contributed by atoms with Crippen LogP contribution in [0.2, 0.25) is 0 Å². The van der Waals surface area contributed by atoms with Gasteiger partial charge in [0.2, 0.25) is 0 Å². The molecule has 1 aromatic carbocycles. The van der Waals surface area contributed by atoms with Crippen molar-refractivity contribution in [1.29, 1.82) is 0 Å². The Labute approximate surface area is 172 Å². The molecule has 3 heterocycles. The second-order valence-electron chi connectivity index (χ2n) is 7.99. The zero-order chi connectivity index (χ0) is 20.1. The minimum absolute atomic E-state index is 0.0429. The fourth-order valence-electron chi connectivity index (χ4n) is 4.54. The Morgan fingerprint density at radius 3 is 2.97 bits per heavy atom. The van der Waals surface area contributed by atoms with Gasteiger partial charge in [0.05, 0.1) is 0 Å².